The second kappa shape index (κ2) is 10.7. The van der Waals surface area contributed by atoms with Crippen molar-refractivity contribution in [3.63, 3.8) is 0 Å². The van der Waals surface area contributed by atoms with E-state index in [1.165, 1.54) is 44.6 Å². The molecule has 0 bridgehead atoms. The van der Waals surface area contributed by atoms with Gasteiger partial charge in [-0.15, -0.1) is 0 Å². The highest BCUT2D eigenvalue weighted by Gasteiger charge is 2.18. The lowest BCUT2D eigenvalue weighted by Gasteiger charge is -2.12. The first-order valence-electron chi connectivity index (χ1n) is 9.97. The zero-order valence-corrected chi connectivity index (χ0v) is 18.1. The van der Waals surface area contributed by atoms with Crippen LogP contribution < -0.4 is 10.6 Å². The number of esters is 2. The molecule has 0 unspecified atom stereocenters. The van der Waals surface area contributed by atoms with Gasteiger partial charge < -0.3 is 20.1 Å². The average Bonchev–Trinajstić information content (AvgIpc) is 2.84. The van der Waals surface area contributed by atoms with Crippen molar-refractivity contribution in [3.05, 3.63) is 95.1 Å². The maximum absolute atomic E-state index is 12.7. The van der Waals surface area contributed by atoms with Crippen LogP contribution in [0.15, 0.2) is 72.8 Å². The minimum atomic E-state index is -0.668. The molecule has 0 aliphatic carbocycles. The highest BCUT2D eigenvalue weighted by molar-refractivity contribution is 6.09. The van der Waals surface area contributed by atoms with Gasteiger partial charge in [0.15, 0.2) is 0 Å². The standard InChI is InChI=1S/C25H22N2O6/c1-32-24(30)18-10-13-20(25(31)33-2)21(15-18)27-23(29)17-8-11-19(12-9-17)26-22(28)14-16-6-4-3-5-7-16/h3-13,15H,14H2,1-2H3,(H,26,28)(H,27,29). The van der Waals surface area contributed by atoms with Crippen LogP contribution in [0.25, 0.3) is 0 Å². The lowest BCUT2D eigenvalue weighted by atomic mass is 10.1. The highest BCUT2D eigenvalue weighted by Crippen LogP contribution is 2.21. The molecule has 0 atom stereocenters. The monoisotopic (exact) mass is 446 g/mol. The van der Waals surface area contributed by atoms with Gasteiger partial charge in [-0.05, 0) is 48.0 Å². The zero-order valence-electron chi connectivity index (χ0n) is 18.1. The zero-order chi connectivity index (χ0) is 23.8. The van der Waals surface area contributed by atoms with E-state index in [4.69, 9.17) is 4.74 Å². The average molecular weight is 446 g/mol. The molecule has 0 saturated carbocycles. The molecule has 2 amide bonds. The van der Waals surface area contributed by atoms with E-state index in [1.807, 2.05) is 30.3 Å². The molecular weight excluding hydrogens is 424 g/mol. The molecule has 0 aliphatic rings. The summed E-state index contributed by atoms with van der Waals surface area (Å²) in [4.78, 5) is 48.8. The number of carbonyl (C=O) groups is 4. The molecule has 0 heterocycles. The predicted octanol–water partition coefficient (Wildman–Crippen LogP) is 3.69. The Morgan fingerprint density at radius 3 is 2.00 bits per heavy atom. The van der Waals surface area contributed by atoms with Gasteiger partial charge in [0, 0.05) is 11.3 Å². The SMILES string of the molecule is COC(=O)c1ccc(C(=O)OC)c(NC(=O)c2ccc(NC(=O)Cc3ccccc3)cc2)c1. The Morgan fingerprint density at radius 2 is 1.36 bits per heavy atom. The van der Waals surface area contributed by atoms with Gasteiger partial charge in [-0.3, -0.25) is 9.59 Å². The van der Waals surface area contributed by atoms with Crippen LogP contribution in [-0.2, 0) is 20.7 Å². The third kappa shape index (κ3) is 6.04. The van der Waals surface area contributed by atoms with E-state index in [-0.39, 0.29) is 34.7 Å². The topological polar surface area (TPSA) is 111 Å². The summed E-state index contributed by atoms with van der Waals surface area (Å²) in [5.41, 5.74) is 2.07. The van der Waals surface area contributed by atoms with Gasteiger partial charge in [0.25, 0.3) is 5.91 Å². The molecule has 8 heteroatoms. The smallest absolute Gasteiger partial charge is 0.339 e. The van der Waals surface area contributed by atoms with Gasteiger partial charge in [0.2, 0.25) is 5.91 Å². The first-order chi connectivity index (χ1) is 15.9. The first-order valence-corrected chi connectivity index (χ1v) is 9.97. The van der Waals surface area contributed by atoms with E-state index in [0.717, 1.165) is 5.56 Å². The fourth-order valence-corrected chi connectivity index (χ4v) is 3.07. The van der Waals surface area contributed by atoms with E-state index in [2.05, 4.69) is 15.4 Å². The Bertz CT molecular complexity index is 1170. The van der Waals surface area contributed by atoms with Crippen molar-refractivity contribution in [2.45, 2.75) is 6.42 Å². The third-order valence-corrected chi connectivity index (χ3v) is 4.73. The van der Waals surface area contributed by atoms with Gasteiger partial charge in [-0.1, -0.05) is 30.3 Å². The summed E-state index contributed by atoms with van der Waals surface area (Å²) >= 11 is 0. The Hall–Kier alpha value is -4.46. The largest absolute Gasteiger partial charge is 0.465 e. The fourth-order valence-electron chi connectivity index (χ4n) is 3.07. The van der Waals surface area contributed by atoms with Crippen LogP contribution in [0.5, 0.6) is 0 Å². The van der Waals surface area contributed by atoms with Crippen LogP contribution in [0.3, 0.4) is 0 Å². The minimum Gasteiger partial charge on any atom is -0.465 e. The van der Waals surface area contributed by atoms with Gasteiger partial charge in [-0.25, -0.2) is 9.59 Å². The van der Waals surface area contributed by atoms with E-state index in [1.54, 1.807) is 12.1 Å². The number of hydrogen-bond donors (Lipinski definition) is 2. The molecular formula is C25H22N2O6. The number of anilines is 2. The number of rotatable bonds is 7. The van der Waals surface area contributed by atoms with Crippen LogP contribution in [0.4, 0.5) is 11.4 Å². The maximum atomic E-state index is 12.7. The molecule has 0 saturated heterocycles. The predicted molar refractivity (Wildman–Crippen MR) is 122 cm³/mol. The van der Waals surface area contributed by atoms with E-state index in [9.17, 15) is 19.2 Å². The Morgan fingerprint density at radius 1 is 0.727 bits per heavy atom. The van der Waals surface area contributed by atoms with Crippen molar-refractivity contribution in [3.8, 4) is 0 Å². The fraction of sp³-hybridized carbons (Fsp3) is 0.120. The van der Waals surface area contributed by atoms with Gasteiger partial charge >= 0.3 is 11.9 Å². The Kier molecular flexibility index (Phi) is 7.54. The van der Waals surface area contributed by atoms with Crippen LogP contribution in [0.2, 0.25) is 0 Å². The summed E-state index contributed by atoms with van der Waals surface area (Å²) < 4.78 is 9.43. The molecule has 0 aromatic heterocycles. The number of ether oxygens (including phenoxy) is 2. The lowest BCUT2D eigenvalue weighted by molar-refractivity contribution is -0.115. The van der Waals surface area contributed by atoms with E-state index >= 15 is 0 Å². The lowest BCUT2D eigenvalue weighted by Crippen LogP contribution is -2.17. The third-order valence-electron chi connectivity index (χ3n) is 4.73. The molecule has 0 aliphatic heterocycles. The van der Waals surface area contributed by atoms with Gasteiger partial charge in [0.1, 0.15) is 0 Å². The molecule has 0 spiro atoms. The van der Waals surface area contributed by atoms with Crippen molar-refractivity contribution in [1.29, 1.82) is 0 Å². The number of methoxy groups -OCH3 is 2. The second-order valence-corrected chi connectivity index (χ2v) is 6.99. The normalized spacial score (nSPS) is 10.1. The molecule has 3 rings (SSSR count). The van der Waals surface area contributed by atoms with Crippen molar-refractivity contribution in [1.82, 2.24) is 0 Å². The molecule has 3 aromatic rings. The van der Waals surface area contributed by atoms with Crippen LogP contribution in [-0.4, -0.2) is 38.0 Å². The van der Waals surface area contributed by atoms with Crippen molar-refractivity contribution < 1.29 is 28.7 Å². The van der Waals surface area contributed by atoms with Crippen LogP contribution in [0.1, 0.15) is 36.6 Å². The van der Waals surface area contributed by atoms with Crippen LogP contribution >= 0.6 is 0 Å². The molecule has 168 valence electrons. The molecule has 33 heavy (non-hydrogen) atoms. The number of amides is 2. The number of carbonyl (C=O) groups excluding carboxylic acids is 4. The van der Waals surface area contributed by atoms with Crippen molar-refractivity contribution >= 4 is 35.1 Å². The van der Waals surface area contributed by atoms with Crippen molar-refractivity contribution in [2.24, 2.45) is 0 Å². The minimum absolute atomic E-state index is 0.0864. The van der Waals surface area contributed by atoms with Gasteiger partial charge in [0.05, 0.1) is 37.5 Å². The number of hydrogen-bond acceptors (Lipinski definition) is 6. The summed E-state index contributed by atoms with van der Waals surface area (Å²) in [6, 6.07) is 19.7. The van der Waals surface area contributed by atoms with Crippen LogP contribution in [0, 0.1) is 0 Å². The molecule has 3 aromatic carbocycles. The van der Waals surface area contributed by atoms with Crippen molar-refractivity contribution in [2.75, 3.05) is 24.9 Å². The Balaban J connectivity index is 1.72. The highest BCUT2D eigenvalue weighted by atomic mass is 16.5. The maximum Gasteiger partial charge on any atom is 0.339 e. The summed E-state index contributed by atoms with van der Waals surface area (Å²) in [5, 5.41) is 5.40. The van der Waals surface area contributed by atoms with E-state index < -0.39 is 17.8 Å². The quantitative estimate of drug-likeness (QED) is 0.536. The molecule has 0 fully saturated rings. The molecule has 0 radical (unpaired) electrons. The summed E-state index contributed by atoms with van der Waals surface area (Å²) in [7, 11) is 2.45. The molecule has 2 N–H and O–H groups in total. The second-order valence-electron chi connectivity index (χ2n) is 6.99. The first kappa shape index (κ1) is 23.2. The van der Waals surface area contributed by atoms with E-state index in [0.29, 0.717) is 5.69 Å². The molecule has 8 nitrogen and oxygen atoms in total. The number of nitrogens with one attached hydrogen (secondary N) is 2. The summed E-state index contributed by atoms with van der Waals surface area (Å²) in [6.45, 7) is 0. The summed E-state index contributed by atoms with van der Waals surface area (Å²) in [5.74, 6) is -1.97. The summed E-state index contributed by atoms with van der Waals surface area (Å²) in [6.07, 6.45) is 0.232. The Labute approximate surface area is 190 Å². The number of benzene rings is 3. The van der Waals surface area contributed by atoms with Gasteiger partial charge in [-0.2, -0.15) is 0 Å².